The molecular weight excluding hydrogens is 333 g/mol. The normalized spacial score (nSPS) is 13.4. The summed E-state index contributed by atoms with van der Waals surface area (Å²) in [7, 11) is -1.20. The first-order chi connectivity index (χ1) is 11.2. The Morgan fingerprint density at radius 1 is 1.04 bits per heavy atom. The molecule has 0 aromatic heterocycles. The van der Waals surface area contributed by atoms with E-state index >= 15 is 0 Å². The van der Waals surface area contributed by atoms with Crippen molar-refractivity contribution >= 4 is 19.2 Å². The molecule has 0 aliphatic carbocycles. The molecule has 0 saturated heterocycles. The number of carbonyl (C=O) groups excluding carboxylic acids is 1. The summed E-state index contributed by atoms with van der Waals surface area (Å²) < 4.78 is 44.0. The molecule has 0 saturated carbocycles. The second kappa shape index (κ2) is 6.81. The van der Waals surface area contributed by atoms with Crippen molar-refractivity contribution in [2.45, 2.75) is 24.8 Å². The molecule has 0 aliphatic rings. The monoisotopic (exact) mass is 352 g/mol. The van der Waals surface area contributed by atoms with Crippen LogP contribution in [0.1, 0.15) is 16.7 Å². The first-order valence-electron chi connectivity index (χ1n) is 7.48. The lowest BCUT2D eigenvalue weighted by Gasteiger charge is -2.31. The van der Waals surface area contributed by atoms with Crippen LogP contribution in [0.15, 0.2) is 54.6 Å². The van der Waals surface area contributed by atoms with Crippen molar-refractivity contribution in [2.24, 2.45) is 0 Å². The highest BCUT2D eigenvalue weighted by Gasteiger charge is 2.41. The van der Waals surface area contributed by atoms with E-state index in [0.29, 0.717) is 5.56 Å². The second-order valence-corrected chi connectivity index (χ2v) is 10.8. The zero-order valence-corrected chi connectivity index (χ0v) is 14.7. The van der Waals surface area contributed by atoms with Gasteiger partial charge in [0.25, 0.3) is 0 Å². The van der Waals surface area contributed by atoms with Crippen molar-refractivity contribution in [3.63, 3.8) is 0 Å². The van der Waals surface area contributed by atoms with Gasteiger partial charge in [0.2, 0.25) is 0 Å². The van der Waals surface area contributed by atoms with Crippen LogP contribution in [0.25, 0.3) is 0 Å². The minimum Gasteiger partial charge on any atom is -0.469 e. The largest absolute Gasteiger partial charge is 0.469 e. The third kappa shape index (κ3) is 3.70. The van der Waals surface area contributed by atoms with E-state index in [1.165, 1.54) is 13.2 Å². The van der Waals surface area contributed by atoms with Gasteiger partial charge in [0.1, 0.15) is 8.07 Å². The fourth-order valence-electron chi connectivity index (χ4n) is 2.89. The predicted octanol–water partition coefficient (Wildman–Crippen LogP) is 4.12. The Morgan fingerprint density at radius 2 is 1.67 bits per heavy atom. The quantitative estimate of drug-likeness (QED) is 0.611. The van der Waals surface area contributed by atoms with Crippen molar-refractivity contribution < 1.29 is 22.7 Å². The Hall–Kier alpha value is -2.08. The molecule has 2 aromatic carbocycles. The van der Waals surface area contributed by atoms with Gasteiger partial charge in [-0.2, -0.15) is 13.2 Å². The van der Waals surface area contributed by atoms with Crippen LogP contribution in [-0.4, -0.2) is 21.2 Å². The summed E-state index contributed by atoms with van der Waals surface area (Å²) in [5.74, 6) is -0.505. The topological polar surface area (TPSA) is 26.3 Å². The van der Waals surface area contributed by atoms with Gasteiger partial charge in [0, 0.05) is 0 Å². The van der Waals surface area contributed by atoms with Gasteiger partial charge in [-0.1, -0.05) is 66.8 Å². The van der Waals surface area contributed by atoms with Gasteiger partial charge in [-0.3, -0.25) is 4.79 Å². The van der Waals surface area contributed by atoms with Crippen LogP contribution in [0.5, 0.6) is 0 Å². The Balaban J connectivity index is 2.57. The number of benzene rings is 2. The van der Waals surface area contributed by atoms with E-state index in [2.05, 4.69) is 0 Å². The fourth-order valence-corrected chi connectivity index (χ4v) is 6.00. The summed E-state index contributed by atoms with van der Waals surface area (Å²) in [6.45, 7) is 3.92. The first kappa shape index (κ1) is 18.3. The van der Waals surface area contributed by atoms with Gasteiger partial charge in [-0.15, -0.1) is 0 Å². The number of esters is 1. The molecule has 0 bridgehead atoms. The van der Waals surface area contributed by atoms with Crippen LogP contribution < -0.4 is 5.19 Å². The molecule has 0 radical (unpaired) electrons. The van der Waals surface area contributed by atoms with Gasteiger partial charge in [0.05, 0.1) is 18.2 Å². The molecule has 128 valence electrons. The summed E-state index contributed by atoms with van der Waals surface area (Å²) in [5, 5.41) is 0.984. The van der Waals surface area contributed by atoms with Crippen LogP contribution in [0.3, 0.4) is 0 Å². The molecule has 0 aliphatic heterocycles. The molecule has 0 fully saturated rings. The minimum absolute atomic E-state index is 0.345. The zero-order chi connectivity index (χ0) is 18.0. The van der Waals surface area contributed by atoms with Crippen molar-refractivity contribution in [3.8, 4) is 0 Å². The van der Waals surface area contributed by atoms with Gasteiger partial charge >= 0.3 is 12.1 Å². The lowest BCUT2D eigenvalue weighted by Crippen LogP contribution is -2.51. The Bertz CT molecular complexity index is 712. The third-order valence-corrected chi connectivity index (χ3v) is 8.06. The van der Waals surface area contributed by atoms with Gasteiger partial charge < -0.3 is 4.74 Å². The van der Waals surface area contributed by atoms with Gasteiger partial charge in [-0.25, -0.2) is 0 Å². The van der Waals surface area contributed by atoms with Gasteiger partial charge in [0.15, 0.2) is 0 Å². The van der Waals surface area contributed by atoms with Crippen molar-refractivity contribution in [1.82, 2.24) is 0 Å². The van der Waals surface area contributed by atoms with Crippen molar-refractivity contribution in [1.29, 1.82) is 0 Å². The fraction of sp³-hybridized carbons (Fsp3) is 0.278. The molecule has 0 N–H and O–H groups in total. The molecule has 0 spiro atoms. The average Bonchev–Trinajstić information content (AvgIpc) is 2.55. The summed E-state index contributed by atoms with van der Waals surface area (Å²) in [6, 6.07) is 14.4. The van der Waals surface area contributed by atoms with E-state index in [9.17, 15) is 18.0 Å². The standard InChI is InChI=1S/C18H19F3O2Si/c1-23-17(22)16(24(2,3)15-10-5-4-6-11-15)13-8-7-9-14(12-13)18(19,20)21/h4-12,16H,1-3H3. The predicted molar refractivity (Wildman–Crippen MR) is 89.8 cm³/mol. The summed E-state index contributed by atoms with van der Waals surface area (Å²) in [6.07, 6.45) is -4.45. The zero-order valence-electron chi connectivity index (χ0n) is 13.7. The SMILES string of the molecule is COC(=O)C(c1cccc(C(F)(F)F)c1)[Si](C)(C)c1ccccc1. The molecule has 1 unspecified atom stereocenters. The molecule has 1 atom stereocenters. The average molecular weight is 352 g/mol. The molecule has 2 rings (SSSR count). The lowest BCUT2D eigenvalue weighted by atomic mass is 10.1. The van der Waals surface area contributed by atoms with Gasteiger partial charge in [-0.05, 0) is 11.6 Å². The third-order valence-electron chi connectivity index (χ3n) is 4.22. The smallest absolute Gasteiger partial charge is 0.416 e. The van der Waals surface area contributed by atoms with Crippen LogP contribution in [-0.2, 0) is 15.7 Å². The van der Waals surface area contributed by atoms with E-state index in [1.807, 2.05) is 43.4 Å². The van der Waals surface area contributed by atoms with E-state index in [1.54, 1.807) is 6.07 Å². The van der Waals surface area contributed by atoms with E-state index in [-0.39, 0.29) is 0 Å². The summed E-state index contributed by atoms with van der Waals surface area (Å²) >= 11 is 0. The number of alkyl halides is 3. The number of ether oxygens (including phenoxy) is 1. The maximum Gasteiger partial charge on any atom is 0.416 e. The number of methoxy groups -OCH3 is 1. The number of hydrogen-bond acceptors (Lipinski definition) is 2. The Labute approximate surface area is 140 Å². The van der Waals surface area contributed by atoms with E-state index in [4.69, 9.17) is 4.74 Å². The first-order valence-corrected chi connectivity index (χ1v) is 10.6. The second-order valence-electron chi connectivity index (χ2n) is 6.17. The Kier molecular flexibility index (Phi) is 5.18. The van der Waals surface area contributed by atoms with E-state index < -0.39 is 31.3 Å². The van der Waals surface area contributed by atoms with Crippen LogP contribution >= 0.6 is 0 Å². The van der Waals surface area contributed by atoms with E-state index in [0.717, 1.165) is 17.3 Å². The Morgan fingerprint density at radius 3 is 2.21 bits per heavy atom. The van der Waals surface area contributed by atoms with Crippen molar-refractivity contribution in [3.05, 3.63) is 65.7 Å². The number of halogens is 3. The molecule has 0 heterocycles. The molecule has 6 heteroatoms. The number of carbonyl (C=O) groups is 1. The lowest BCUT2D eigenvalue weighted by molar-refractivity contribution is -0.141. The van der Waals surface area contributed by atoms with Crippen molar-refractivity contribution in [2.75, 3.05) is 7.11 Å². The number of hydrogen-bond donors (Lipinski definition) is 0. The molecule has 0 amide bonds. The van der Waals surface area contributed by atoms with Crippen LogP contribution in [0.2, 0.25) is 13.1 Å². The maximum absolute atomic E-state index is 13.0. The summed E-state index contributed by atoms with van der Waals surface area (Å²) in [5.41, 5.74) is -1.13. The molecular formula is C18H19F3O2Si. The highest BCUT2D eigenvalue weighted by Crippen LogP contribution is 2.34. The maximum atomic E-state index is 13.0. The molecule has 24 heavy (non-hydrogen) atoms. The highest BCUT2D eigenvalue weighted by molar-refractivity contribution is 6.93. The molecule has 2 aromatic rings. The van der Waals surface area contributed by atoms with Crippen LogP contribution in [0, 0.1) is 0 Å². The summed E-state index contributed by atoms with van der Waals surface area (Å²) in [4.78, 5) is 12.4. The highest BCUT2D eigenvalue weighted by atomic mass is 28.3. The minimum atomic E-state index is -4.45. The molecule has 2 nitrogen and oxygen atoms in total. The van der Waals surface area contributed by atoms with Crippen LogP contribution in [0.4, 0.5) is 13.2 Å². The number of rotatable bonds is 4.